The van der Waals surface area contributed by atoms with Crippen molar-refractivity contribution in [3.8, 4) is 0 Å². The van der Waals surface area contributed by atoms with Crippen LogP contribution < -0.4 is 0 Å². The van der Waals surface area contributed by atoms with Crippen molar-refractivity contribution in [2.75, 3.05) is 0 Å². The van der Waals surface area contributed by atoms with Crippen molar-refractivity contribution in [1.82, 2.24) is 0 Å². The summed E-state index contributed by atoms with van der Waals surface area (Å²) in [5, 5.41) is 15.6. The summed E-state index contributed by atoms with van der Waals surface area (Å²) in [5.74, 6) is -2.51. The number of allylic oxidation sites excluding steroid dienone is 1. The van der Waals surface area contributed by atoms with Crippen molar-refractivity contribution < 1.29 is 19.8 Å². The van der Waals surface area contributed by atoms with E-state index in [1.54, 1.807) is 0 Å². The Balaban J connectivity index is 0. The lowest BCUT2D eigenvalue weighted by Gasteiger charge is -1.81. The molecule has 0 aliphatic rings. The molecule has 0 saturated carbocycles. The maximum atomic E-state index is 9.55. The van der Waals surface area contributed by atoms with Crippen molar-refractivity contribution in [2.45, 2.75) is 26.2 Å². The van der Waals surface area contributed by atoms with Gasteiger partial charge >= 0.3 is 11.9 Å². The van der Waals surface area contributed by atoms with E-state index in [0.717, 1.165) is 0 Å². The molecule has 0 rings (SSSR count). The van der Waals surface area contributed by atoms with Gasteiger partial charge in [0.1, 0.15) is 0 Å². The van der Waals surface area contributed by atoms with Gasteiger partial charge in [-0.3, -0.25) is 0 Å². The summed E-state index contributed by atoms with van der Waals surface area (Å²) in [7, 11) is 0. The minimum Gasteiger partial charge on any atom is -0.478 e. The van der Waals surface area contributed by atoms with Crippen LogP contribution in [0.2, 0.25) is 0 Å². The molecule has 0 aliphatic carbocycles. The van der Waals surface area contributed by atoms with E-state index >= 15 is 0 Å². The van der Waals surface area contributed by atoms with Crippen LogP contribution in [0.1, 0.15) is 26.2 Å². The zero-order valence-corrected chi connectivity index (χ0v) is 8.27. The van der Waals surface area contributed by atoms with Gasteiger partial charge in [-0.2, -0.15) is 0 Å². The predicted molar refractivity (Wildman–Crippen MR) is 54.1 cm³/mol. The molecule has 80 valence electrons. The van der Waals surface area contributed by atoms with Crippen molar-refractivity contribution in [2.24, 2.45) is 0 Å². The Morgan fingerprint density at radius 2 is 1.64 bits per heavy atom. The van der Waals surface area contributed by atoms with E-state index in [1.165, 1.54) is 19.3 Å². The molecule has 0 bridgehead atoms. The fourth-order valence-electron chi connectivity index (χ4n) is 0.491. The molecule has 4 heteroatoms. The van der Waals surface area contributed by atoms with Crippen LogP contribution in [-0.4, -0.2) is 22.2 Å². The second-order valence-electron chi connectivity index (χ2n) is 2.44. The molecule has 2 N–H and O–H groups in total. The molecular formula is C10H16O4. The van der Waals surface area contributed by atoms with Crippen molar-refractivity contribution in [3.63, 3.8) is 0 Å². The van der Waals surface area contributed by atoms with Crippen LogP contribution in [0.25, 0.3) is 0 Å². The molecule has 0 aromatic carbocycles. The van der Waals surface area contributed by atoms with Crippen molar-refractivity contribution in [1.29, 1.82) is 0 Å². The van der Waals surface area contributed by atoms with E-state index in [4.69, 9.17) is 10.2 Å². The van der Waals surface area contributed by atoms with Gasteiger partial charge in [-0.05, 0) is 6.42 Å². The summed E-state index contributed by atoms with van der Waals surface area (Å²) in [6, 6.07) is 0. The molecule has 0 atom stereocenters. The summed E-state index contributed by atoms with van der Waals surface area (Å²) in [4.78, 5) is 19.1. The molecule has 0 fully saturated rings. The zero-order chi connectivity index (χ0) is 11.4. The summed E-state index contributed by atoms with van der Waals surface area (Å²) in [5.41, 5.74) is 0. The molecular weight excluding hydrogens is 184 g/mol. The highest BCUT2D eigenvalue weighted by molar-refractivity contribution is 5.89. The van der Waals surface area contributed by atoms with Crippen molar-refractivity contribution in [3.05, 3.63) is 24.8 Å². The van der Waals surface area contributed by atoms with Gasteiger partial charge in [-0.25, -0.2) is 9.59 Å². The molecule has 0 aromatic rings. The number of unbranched alkanes of at least 4 members (excludes halogenated alkanes) is 2. The summed E-state index contributed by atoms with van der Waals surface area (Å²) in [6.45, 7) is 5.78. The van der Waals surface area contributed by atoms with Crippen LogP contribution in [0.4, 0.5) is 0 Å². The normalized spacial score (nSPS) is 8.93. The predicted octanol–water partition coefficient (Wildman–Crippen LogP) is 2.07. The number of carbonyl (C=O) groups is 2. The molecule has 0 unspecified atom stereocenters. The molecule has 0 aliphatic heterocycles. The molecule has 0 spiro atoms. The highest BCUT2D eigenvalue weighted by atomic mass is 16.4. The van der Waals surface area contributed by atoms with Crippen LogP contribution in [0.5, 0.6) is 0 Å². The molecule has 0 aromatic heterocycles. The third-order valence-corrected chi connectivity index (χ3v) is 1.13. The average Bonchev–Trinajstić information content (AvgIpc) is 2.12. The molecule has 0 amide bonds. The monoisotopic (exact) mass is 200 g/mol. The Bertz CT molecular complexity index is 190. The fourth-order valence-corrected chi connectivity index (χ4v) is 0.491. The van der Waals surface area contributed by atoms with Crippen LogP contribution in [0, 0.1) is 0 Å². The largest absolute Gasteiger partial charge is 0.478 e. The van der Waals surface area contributed by atoms with Gasteiger partial charge in [0.15, 0.2) is 0 Å². The minimum absolute atomic E-state index is 0.558. The highest BCUT2D eigenvalue weighted by Gasteiger charge is 1.88. The average molecular weight is 200 g/mol. The van der Waals surface area contributed by atoms with E-state index in [1.807, 2.05) is 6.08 Å². The number of rotatable bonds is 5. The quantitative estimate of drug-likeness (QED) is 0.404. The number of carboxylic acids is 2. The first-order chi connectivity index (χ1) is 6.54. The van der Waals surface area contributed by atoms with Crippen LogP contribution in [-0.2, 0) is 9.59 Å². The van der Waals surface area contributed by atoms with Crippen LogP contribution in [0.3, 0.4) is 0 Å². The molecule has 0 radical (unpaired) electrons. The SMILES string of the molecule is C=CCCCC.O=C(O)/C=C/C(=O)O. The Morgan fingerprint density at radius 3 is 1.79 bits per heavy atom. The smallest absolute Gasteiger partial charge is 0.328 e. The lowest BCUT2D eigenvalue weighted by molar-refractivity contribution is -0.134. The topological polar surface area (TPSA) is 74.6 Å². The molecule has 14 heavy (non-hydrogen) atoms. The lowest BCUT2D eigenvalue weighted by atomic mass is 10.3. The lowest BCUT2D eigenvalue weighted by Crippen LogP contribution is -1.91. The highest BCUT2D eigenvalue weighted by Crippen LogP contribution is 1.91. The first-order valence-electron chi connectivity index (χ1n) is 4.29. The molecule has 0 heterocycles. The van der Waals surface area contributed by atoms with E-state index in [-0.39, 0.29) is 0 Å². The van der Waals surface area contributed by atoms with E-state index in [9.17, 15) is 9.59 Å². The fraction of sp³-hybridized carbons (Fsp3) is 0.400. The summed E-state index contributed by atoms with van der Waals surface area (Å²) >= 11 is 0. The Morgan fingerprint density at radius 1 is 1.21 bits per heavy atom. The van der Waals surface area contributed by atoms with E-state index in [2.05, 4.69) is 13.5 Å². The van der Waals surface area contributed by atoms with Gasteiger partial charge in [0, 0.05) is 12.2 Å². The number of aliphatic carboxylic acids is 2. The van der Waals surface area contributed by atoms with E-state index < -0.39 is 11.9 Å². The van der Waals surface area contributed by atoms with E-state index in [0.29, 0.717) is 12.2 Å². The number of hydrogen-bond acceptors (Lipinski definition) is 2. The van der Waals surface area contributed by atoms with Crippen LogP contribution in [0.15, 0.2) is 24.8 Å². The Labute approximate surface area is 83.6 Å². The van der Waals surface area contributed by atoms with Gasteiger partial charge in [0.2, 0.25) is 0 Å². The second-order valence-corrected chi connectivity index (χ2v) is 2.44. The second kappa shape index (κ2) is 11.4. The van der Waals surface area contributed by atoms with Gasteiger partial charge in [-0.1, -0.05) is 25.8 Å². The summed E-state index contributed by atoms with van der Waals surface area (Å²) in [6.07, 6.45) is 6.83. The Hall–Kier alpha value is -1.58. The van der Waals surface area contributed by atoms with Crippen LogP contribution >= 0.6 is 0 Å². The third kappa shape index (κ3) is 22.4. The number of hydrogen-bond donors (Lipinski definition) is 2. The first-order valence-corrected chi connectivity index (χ1v) is 4.29. The third-order valence-electron chi connectivity index (χ3n) is 1.13. The first kappa shape index (κ1) is 14.9. The standard InChI is InChI=1S/C6H12.C4H4O4/c1-3-5-6-4-2;5-3(6)1-2-4(7)8/h3H,1,4-6H2,2H3;1-2H,(H,5,6)(H,7,8)/b;2-1+. The minimum atomic E-state index is -1.26. The number of carboxylic acid groups (broad SMARTS) is 2. The maximum absolute atomic E-state index is 9.55. The molecule has 4 nitrogen and oxygen atoms in total. The van der Waals surface area contributed by atoms with Gasteiger partial charge in [0.25, 0.3) is 0 Å². The Kier molecular flexibility index (Phi) is 12.2. The molecule has 0 saturated heterocycles. The summed E-state index contributed by atoms with van der Waals surface area (Å²) < 4.78 is 0. The maximum Gasteiger partial charge on any atom is 0.328 e. The zero-order valence-electron chi connectivity index (χ0n) is 8.27. The van der Waals surface area contributed by atoms with Crippen molar-refractivity contribution >= 4 is 11.9 Å². The van der Waals surface area contributed by atoms with Gasteiger partial charge in [0.05, 0.1) is 0 Å². The van der Waals surface area contributed by atoms with Gasteiger partial charge < -0.3 is 10.2 Å². The van der Waals surface area contributed by atoms with Gasteiger partial charge in [-0.15, -0.1) is 6.58 Å².